The van der Waals surface area contributed by atoms with Crippen LogP contribution in [0.15, 0.2) is 6.33 Å². The molecular formula is C17H24FN5O2. The molecule has 0 aliphatic carbocycles. The maximum Gasteiger partial charge on any atom is 0.410 e. The largest absolute Gasteiger partial charge is 0.444 e. The van der Waals surface area contributed by atoms with Gasteiger partial charge in [-0.05, 0) is 52.9 Å². The van der Waals surface area contributed by atoms with E-state index in [9.17, 15) is 9.18 Å². The number of fused-ring (bicyclic) bond motifs is 1. The quantitative estimate of drug-likeness (QED) is 0.833. The molecule has 0 aromatic carbocycles. The van der Waals surface area contributed by atoms with E-state index in [0.29, 0.717) is 36.7 Å². The Kier molecular flexibility index (Phi) is 4.62. The number of aryl methyl sites for hydroxylation is 1. The lowest BCUT2D eigenvalue weighted by Gasteiger charge is -2.34. The molecule has 3 heterocycles. The average molecular weight is 349 g/mol. The molecule has 0 radical (unpaired) electrons. The summed E-state index contributed by atoms with van der Waals surface area (Å²) in [5.41, 5.74) is 0.261. The third kappa shape index (κ3) is 3.88. The van der Waals surface area contributed by atoms with E-state index < -0.39 is 5.60 Å². The predicted molar refractivity (Wildman–Crippen MR) is 89.7 cm³/mol. The van der Waals surface area contributed by atoms with Crippen LogP contribution in [0.1, 0.15) is 45.0 Å². The number of carbonyl (C=O) groups excluding carboxylic acids is 1. The van der Waals surface area contributed by atoms with Crippen LogP contribution in [-0.2, 0) is 11.2 Å². The van der Waals surface area contributed by atoms with Gasteiger partial charge in [-0.1, -0.05) is 0 Å². The number of hydrogen-bond donors (Lipinski definition) is 0. The minimum Gasteiger partial charge on any atom is -0.444 e. The summed E-state index contributed by atoms with van der Waals surface area (Å²) in [5.74, 6) is 0.186. The van der Waals surface area contributed by atoms with Gasteiger partial charge in [0.2, 0.25) is 0 Å². The lowest BCUT2D eigenvalue weighted by Crippen LogP contribution is -2.43. The van der Waals surface area contributed by atoms with Gasteiger partial charge in [0.25, 0.3) is 5.78 Å². The second-order valence-corrected chi connectivity index (χ2v) is 7.57. The number of rotatable bonds is 2. The highest BCUT2D eigenvalue weighted by Crippen LogP contribution is 2.24. The van der Waals surface area contributed by atoms with Gasteiger partial charge in [-0.15, -0.1) is 0 Å². The highest BCUT2D eigenvalue weighted by Gasteiger charge is 2.29. The van der Waals surface area contributed by atoms with E-state index in [1.165, 1.54) is 10.8 Å². The second-order valence-electron chi connectivity index (χ2n) is 7.57. The van der Waals surface area contributed by atoms with Gasteiger partial charge < -0.3 is 9.64 Å². The number of amides is 1. The highest BCUT2D eigenvalue weighted by atomic mass is 19.1. The highest BCUT2D eigenvalue weighted by molar-refractivity contribution is 5.68. The molecule has 1 atom stereocenters. The number of likely N-dealkylation sites (tertiary alicyclic amines) is 1. The van der Waals surface area contributed by atoms with Crippen molar-refractivity contribution in [3.05, 3.63) is 23.5 Å². The zero-order valence-corrected chi connectivity index (χ0v) is 15.1. The summed E-state index contributed by atoms with van der Waals surface area (Å²) in [5, 5.41) is 4.09. The molecule has 0 saturated carbocycles. The molecule has 0 N–H and O–H groups in total. The van der Waals surface area contributed by atoms with Crippen molar-refractivity contribution in [2.75, 3.05) is 13.1 Å². The van der Waals surface area contributed by atoms with Crippen LogP contribution in [-0.4, -0.2) is 49.3 Å². The summed E-state index contributed by atoms with van der Waals surface area (Å²) < 4.78 is 21.5. The van der Waals surface area contributed by atoms with Crippen molar-refractivity contribution in [2.45, 2.75) is 52.6 Å². The van der Waals surface area contributed by atoms with E-state index in [-0.39, 0.29) is 17.8 Å². The first-order valence-corrected chi connectivity index (χ1v) is 8.57. The molecule has 7 nitrogen and oxygen atoms in total. The molecular weight excluding hydrogens is 325 g/mol. The lowest BCUT2D eigenvalue weighted by molar-refractivity contribution is 0.0165. The Morgan fingerprint density at radius 2 is 2.20 bits per heavy atom. The second kappa shape index (κ2) is 6.57. The summed E-state index contributed by atoms with van der Waals surface area (Å²) in [7, 11) is 0. The Labute approximate surface area is 146 Å². The molecule has 8 heteroatoms. The van der Waals surface area contributed by atoms with Crippen molar-refractivity contribution in [3.8, 4) is 0 Å². The van der Waals surface area contributed by atoms with Gasteiger partial charge in [0.05, 0.1) is 11.4 Å². The standard InChI is InChI=1S/C17H24FN5O2/c1-11-14(18)13(23-15(21-11)19-10-20-23)8-12-6-5-7-22(9-12)16(24)25-17(2,3)4/h10,12H,5-9H2,1-4H3. The fraction of sp³-hybridized carbons (Fsp3) is 0.647. The van der Waals surface area contributed by atoms with Crippen molar-refractivity contribution in [2.24, 2.45) is 5.92 Å². The monoisotopic (exact) mass is 349 g/mol. The summed E-state index contributed by atoms with van der Waals surface area (Å²) in [4.78, 5) is 22.2. The molecule has 1 saturated heterocycles. The number of halogens is 1. The van der Waals surface area contributed by atoms with Crippen LogP contribution in [0, 0.1) is 18.7 Å². The Hall–Kier alpha value is -2.25. The molecule has 25 heavy (non-hydrogen) atoms. The number of aromatic nitrogens is 4. The molecule has 2 aromatic rings. The first kappa shape index (κ1) is 17.6. The van der Waals surface area contributed by atoms with E-state index in [2.05, 4.69) is 15.1 Å². The first-order chi connectivity index (χ1) is 11.7. The van der Waals surface area contributed by atoms with Crippen molar-refractivity contribution >= 4 is 11.9 Å². The van der Waals surface area contributed by atoms with Gasteiger partial charge in [-0.25, -0.2) is 14.2 Å². The van der Waals surface area contributed by atoms with Gasteiger partial charge in [-0.3, -0.25) is 0 Å². The Bertz CT molecular complexity index is 783. The summed E-state index contributed by atoms with van der Waals surface area (Å²) in [6.45, 7) is 8.39. The number of ether oxygens (including phenoxy) is 1. The normalized spacial score (nSPS) is 18.6. The minimum atomic E-state index is -0.523. The van der Waals surface area contributed by atoms with Gasteiger partial charge in [0.1, 0.15) is 11.9 Å². The third-order valence-corrected chi connectivity index (χ3v) is 4.28. The summed E-state index contributed by atoms with van der Waals surface area (Å²) >= 11 is 0. The third-order valence-electron chi connectivity index (χ3n) is 4.28. The van der Waals surface area contributed by atoms with Crippen LogP contribution >= 0.6 is 0 Å². The molecule has 1 aliphatic heterocycles. The van der Waals surface area contributed by atoms with Crippen molar-refractivity contribution in [3.63, 3.8) is 0 Å². The zero-order valence-electron chi connectivity index (χ0n) is 15.1. The summed E-state index contributed by atoms with van der Waals surface area (Å²) in [6.07, 6.45) is 3.34. The molecule has 3 rings (SSSR count). The number of piperidine rings is 1. The van der Waals surface area contributed by atoms with Gasteiger partial charge in [0.15, 0.2) is 5.82 Å². The molecule has 136 valence electrons. The van der Waals surface area contributed by atoms with Gasteiger partial charge >= 0.3 is 6.09 Å². The van der Waals surface area contributed by atoms with Crippen molar-refractivity contribution in [1.29, 1.82) is 0 Å². The average Bonchev–Trinajstić information content (AvgIpc) is 2.98. The number of hydrogen-bond acceptors (Lipinski definition) is 5. The van der Waals surface area contributed by atoms with E-state index >= 15 is 0 Å². The minimum absolute atomic E-state index is 0.143. The lowest BCUT2D eigenvalue weighted by atomic mass is 9.93. The van der Waals surface area contributed by atoms with E-state index in [1.54, 1.807) is 11.8 Å². The molecule has 1 aliphatic rings. The molecule has 0 bridgehead atoms. The SMILES string of the molecule is Cc1nc2ncnn2c(CC2CCCN(C(=O)OC(C)(C)C)C2)c1F. The summed E-state index contributed by atoms with van der Waals surface area (Å²) in [6, 6.07) is 0. The van der Waals surface area contributed by atoms with E-state index in [0.717, 1.165) is 12.8 Å². The van der Waals surface area contributed by atoms with E-state index in [4.69, 9.17) is 4.74 Å². The number of nitrogens with zero attached hydrogens (tertiary/aromatic N) is 5. The molecule has 2 aromatic heterocycles. The van der Waals surface area contributed by atoms with Crippen molar-refractivity contribution < 1.29 is 13.9 Å². The maximum absolute atomic E-state index is 14.6. The molecule has 1 amide bonds. The Balaban J connectivity index is 1.76. The fourth-order valence-corrected chi connectivity index (χ4v) is 3.18. The smallest absolute Gasteiger partial charge is 0.410 e. The topological polar surface area (TPSA) is 72.6 Å². The first-order valence-electron chi connectivity index (χ1n) is 8.57. The van der Waals surface area contributed by atoms with Gasteiger partial charge in [0, 0.05) is 13.1 Å². The van der Waals surface area contributed by atoms with Crippen molar-refractivity contribution in [1.82, 2.24) is 24.5 Å². The molecule has 1 unspecified atom stereocenters. The zero-order chi connectivity index (χ0) is 18.2. The molecule has 1 fully saturated rings. The maximum atomic E-state index is 14.6. The van der Waals surface area contributed by atoms with Crippen LogP contribution in [0.2, 0.25) is 0 Å². The fourth-order valence-electron chi connectivity index (χ4n) is 3.18. The van der Waals surface area contributed by atoms with Crippen LogP contribution in [0.5, 0.6) is 0 Å². The van der Waals surface area contributed by atoms with E-state index in [1.807, 2.05) is 20.8 Å². The van der Waals surface area contributed by atoms with Crippen LogP contribution < -0.4 is 0 Å². The van der Waals surface area contributed by atoms with Crippen LogP contribution in [0.4, 0.5) is 9.18 Å². The predicted octanol–water partition coefficient (Wildman–Crippen LogP) is 2.76. The van der Waals surface area contributed by atoms with Crippen LogP contribution in [0.3, 0.4) is 0 Å². The molecule has 0 spiro atoms. The van der Waals surface area contributed by atoms with Crippen LogP contribution in [0.25, 0.3) is 5.78 Å². The number of carbonyl (C=O) groups is 1. The van der Waals surface area contributed by atoms with Gasteiger partial charge in [-0.2, -0.15) is 14.6 Å². The Morgan fingerprint density at radius 3 is 2.92 bits per heavy atom. The Morgan fingerprint density at radius 1 is 1.44 bits per heavy atom.